The van der Waals surface area contributed by atoms with Crippen molar-refractivity contribution in [2.45, 2.75) is 71.8 Å². The van der Waals surface area contributed by atoms with Crippen LogP contribution in [0.15, 0.2) is 0 Å². The third-order valence-electron chi connectivity index (χ3n) is 8.17. The number of rotatable bonds is 8. The molecule has 0 bridgehead atoms. The second-order valence-corrected chi connectivity index (χ2v) is 12.2. The van der Waals surface area contributed by atoms with Gasteiger partial charge in [0.05, 0.1) is 6.04 Å². The number of piperidine rings is 1. The third kappa shape index (κ3) is 6.03. The van der Waals surface area contributed by atoms with Crippen molar-refractivity contribution in [3.63, 3.8) is 0 Å². The molecule has 0 aromatic heterocycles. The zero-order valence-electron chi connectivity index (χ0n) is 22.8. The van der Waals surface area contributed by atoms with Gasteiger partial charge in [-0.05, 0) is 35.5 Å². The first-order chi connectivity index (χ1) is 17.8. The number of likely N-dealkylation sites (N-methyl/N-ethyl adjacent to an activating group) is 1. The number of hydrogen-bond acceptors (Lipinski definition) is 6. The van der Waals surface area contributed by atoms with Crippen molar-refractivity contribution in [2.75, 3.05) is 20.1 Å². The smallest absolute Gasteiger partial charge is 0.356 e. The van der Waals surface area contributed by atoms with Gasteiger partial charge in [0.1, 0.15) is 12.1 Å². The van der Waals surface area contributed by atoms with Crippen molar-refractivity contribution >= 4 is 35.3 Å². The molecule has 2 saturated heterocycles. The predicted molar refractivity (Wildman–Crippen MR) is 130 cm³/mol. The van der Waals surface area contributed by atoms with Crippen LogP contribution in [0.2, 0.25) is 0 Å². The van der Waals surface area contributed by atoms with Gasteiger partial charge in [-0.15, -0.1) is 0 Å². The Kier molecular flexibility index (Phi) is 8.11. The average molecular weight is 560 g/mol. The van der Waals surface area contributed by atoms with Crippen LogP contribution in [0.5, 0.6) is 0 Å². The first-order valence-corrected chi connectivity index (χ1v) is 12.8. The van der Waals surface area contributed by atoms with Crippen LogP contribution in [-0.4, -0.2) is 84.7 Å². The van der Waals surface area contributed by atoms with Gasteiger partial charge in [0.15, 0.2) is 0 Å². The van der Waals surface area contributed by atoms with Crippen molar-refractivity contribution in [1.82, 2.24) is 26.2 Å². The van der Waals surface area contributed by atoms with Gasteiger partial charge in [0, 0.05) is 26.1 Å². The van der Waals surface area contributed by atoms with E-state index < -0.39 is 65.0 Å². The van der Waals surface area contributed by atoms with Crippen molar-refractivity contribution in [2.24, 2.45) is 28.6 Å². The molecule has 0 aromatic carbocycles. The van der Waals surface area contributed by atoms with Gasteiger partial charge < -0.3 is 26.2 Å². The van der Waals surface area contributed by atoms with Gasteiger partial charge in [-0.1, -0.05) is 34.6 Å². The summed E-state index contributed by atoms with van der Waals surface area (Å²) < 4.78 is 39.1. The molecule has 0 aromatic rings. The van der Waals surface area contributed by atoms with E-state index in [0.29, 0.717) is 13.0 Å². The molecular weight excluding hydrogens is 523 g/mol. The summed E-state index contributed by atoms with van der Waals surface area (Å²) in [6.07, 6.45) is -4.94. The Balaban J connectivity index is 1.89. The van der Waals surface area contributed by atoms with Crippen LogP contribution in [0, 0.1) is 28.6 Å². The number of carbonyl (C=O) groups excluding carboxylic acids is 6. The van der Waals surface area contributed by atoms with Crippen molar-refractivity contribution in [3.8, 4) is 0 Å². The number of nitrogens with zero attached hydrogens (tertiary/aromatic N) is 1. The van der Waals surface area contributed by atoms with E-state index in [9.17, 15) is 41.9 Å². The molecule has 3 fully saturated rings. The maximum atomic E-state index is 13.7. The number of hydrogen-bond donors (Lipinski definition) is 4. The second kappa shape index (κ2) is 10.4. The van der Waals surface area contributed by atoms with Crippen LogP contribution in [0.3, 0.4) is 0 Å². The van der Waals surface area contributed by atoms with Gasteiger partial charge >= 0.3 is 12.1 Å². The lowest BCUT2D eigenvalue weighted by atomic mass is 9.85. The molecule has 11 nitrogen and oxygen atoms in total. The van der Waals surface area contributed by atoms with Gasteiger partial charge in [0.25, 0.3) is 5.91 Å². The number of carbonyl (C=O) groups is 6. The molecule has 6 atom stereocenters. The molecule has 0 unspecified atom stereocenters. The number of amides is 5. The summed E-state index contributed by atoms with van der Waals surface area (Å²) in [6.45, 7) is 8.73. The number of nitrogens with one attached hydrogen (secondary N) is 4. The Bertz CT molecular complexity index is 1070. The standard InChI is InChI=1S/C25H36F3N5O6/c1-23(2,3)17(32-22(39)25(26,27)28)21(38)33-10-12-14(24(12,4)5)15(33)19(36)31-13(16(34)20(37)29-6)9-11-7-8-30-18(11)35/h11-15,17H,7-10H2,1-6H3,(H,29,37)(H,30,35)(H,31,36)(H,32,39)/t11-,12-,13-,14-,15-,17+/m0/s1. The lowest BCUT2D eigenvalue weighted by molar-refractivity contribution is -0.176. The molecule has 218 valence electrons. The number of likely N-dealkylation sites (tertiary alicyclic amines) is 1. The molecule has 5 amide bonds. The largest absolute Gasteiger partial charge is 0.471 e. The molecule has 39 heavy (non-hydrogen) atoms. The fraction of sp³-hybridized carbons (Fsp3) is 0.760. The fourth-order valence-electron chi connectivity index (χ4n) is 5.77. The van der Waals surface area contributed by atoms with Gasteiger partial charge in [-0.2, -0.15) is 13.2 Å². The van der Waals surface area contributed by atoms with E-state index in [0.717, 1.165) is 4.90 Å². The van der Waals surface area contributed by atoms with Crippen LogP contribution in [0.25, 0.3) is 0 Å². The van der Waals surface area contributed by atoms with Crippen LogP contribution in [-0.2, 0) is 28.8 Å². The third-order valence-corrected chi connectivity index (χ3v) is 8.17. The molecule has 3 aliphatic rings. The van der Waals surface area contributed by atoms with Gasteiger partial charge in [-0.25, -0.2) is 0 Å². The van der Waals surface area contributed by atoms with Crippen LogP contribution in [0.4, 0.5) is 13.2 Å². The monoisotopic (exact) mass is 559 g/mol. The first-order valence-electron chi connectivity index (χ1n) is 12.8. The van der Waals surface area contributed by atoms with Crippen molar-refractivity contribution < 1.29 is 41.9 Å². The van der Waals surface area contributed by atoms with E-state index in [-0.39, 0.29) is 36.1 Å². The quantitative estimate of drug-likeness (QED) is 0.305. The van der Waals surface area contributed by atoms with E-state index in [1.807, 2.05) is 13.8 Å². The Labute approximate surface area is 224 Å². The zero-order valence-corrected chi connectivity index (χ0v) is 22.8. The molecule has 2 heterocycles. The highest BCUT2D eigenvalue weighted by Crippen LogP contribution is 2.65. The number of Topliss-reactive ketones (excluding diaryl/α,β-unsaturated/α-hetero) is 1. The maximum absolute atomic E-state index is 13.7. The summed E-state index contributed by atoms with van der Waals surface area (Å²) in [5, 5.41) is 9.17. The molecule has 1 aliphatic carbocycles. The van der Waals surface area contributed by atoms with Crippen molar-refractivity contribution in [1.29, 1.82) is 0 Å². The Morgan fingerprint density at radius 3 is 2.21 bits per heavy atom. The summed E-state index contributed by atoms with van der Waals surface area (Å²) in [6, 6.07) is -4.09. The number of fused-ring (bicyclic) bond motifs is 1. The lowest BCUT2D eigenvalue weighted by Gasteiger charge is -2.38. The Hall–Kier alpha value is -3.19. The summed E-state index contributed by atoms with van der Waals surface area (Å²) in [4.78, 5) is 77.3. The average Bonchev–Trinajstić information content (AvgIpc) is 3.18. The lowest BCUT2D eigenvalue weighted by Crippen LogP contribution is -2.61. The summed E-state index contributed by atoms with van der Waals surface area (Å²) in [7, 11) is 1.25. The normalized spacial score (nSPS) is 27.1. The molecule has 3 rings (SSSR count). The fourth-order valence-corrected chi connectivity index (χ4v) is 5.77. The zero-order chi connectivity index (χ0) is 29.7. The summed E-state index contributed by atoms with van der Waals surface area (Å²) >= 11 is 0. The highest BCUT2D eigenvalue weighted by molar-refractivity contribution is 6.38. The van der Waals surface area contributed by atoms with E-state index in [4.69, 9.17) is 0 Å². The molecular formula is C25H36F3N5O6. The van der Waals surface area contributed by atoms with Crippen LogP contribution < -0.4 is 21.3 Å². The number of ketones is 1. The van der Waals surface area contributed by atoms with E-state index in [2.05, 4.69) is 16.0 Å². The predicted octanol–water partition coefficient (Wildman–Crippen LogP) is -0.111. The van der Waals surface area contributed by atoms with E-state index in [1.54, 1.807) is 5.32 Å². The summed E-state index contributed by atoms with van der Waals surface area (Å²) in [5.41, 5.74) is -1.49. The molecule has 1 saturated carbocycles. The minimum atomic E-state index is -5.21. The molecule has 0 spiro atoms. The maximum Gasteiger partial charge on any atom is 0.471 e. The van der Waals surface area contributed by atoms with E-state index >= 15 is 0 Å². The van der Waals surface area contributed by atoms with Gasteiger partial charge in [-0.3, -0.25) is 28.8 Å². The second-order valence-electron chi connectivity index (χ2n) is 12.2. The van der Waals surface area contributed by atoms with Crippen molar-refractivity contribution in [3.05, 3.63) is 0 Å². The van der Waals surface area contributed by atoms with Crippen LogP contribution in [0.1, 0.15) is 47.5 Å². The minimum absolute atomic E-state index is 0.0716. The molecule has 2 aliphatic heterocycles. The SMILES string of the molecule is CNC(=O)C(=O)[C@H](C[C@@H]1CCNC1=O)NC(=O)[C@@H]1[C@@H]2[C@H](CN1C(=O)[C@@H](NC(=O)C(F)(F)F)C(C)(C)C)C2(C)C. The Morgan fingerprint density at radius 2 is 1.72 bits per heavy atom. The number of halogens is 3. The topological polar surface area (TPSA) is 154 Å². The minimum Gasteiger partial charge on any atom is -0.356 e. The Morgan fingerprint density at radius 1 is 1.10 bits per heavy atom. The highest BCUT2D eigenvalue weighted by Gasteiger charge is 2.70. The highest BCUT2D eigenvalue weighted by atomic mass is 19.4. The first kappa shape index (κ1) is 30.4. The van der Waals surface area contributed by atoms with E-state index in [1.165, 1.54) is 27.8 Å². The van der Waals surface area contributed by atoms with Crippen LogP contribution >= 0.6 is 0 Å². The molecule has 4 N–H and O–H groups in total. The number of alkyl halides is 3. The molecule has 14 heteroatoms. The molecule has 0 radical (unpaired) electrons. The van der Waals surface area contributed by atoms with Gasteiger partial charge in [0.2, 0.25) is 23.5 Å². The summed E-state index contributed by atoms with van der Waals surface area (Å²) in [5.74, 6) is -7.22.